The fourth-order valence-corrected chi connectivity index (χ4v) is 1.66. The van der Waals surface area contributed by atoms with Crippen LogP contribution in [0.1, 0.15) is 24.5 Å². The van der Waals surface area contributed by atoms with Gasteiger partial charge in [-0.2, -0.15) is 0 Å². The van der Waals surface area contributed by atoms with Crippen molar-refractivity contribution >= 4 is 15.9 Å². The molecule has 0 heterocycles. The van der Waals surface area contributed by atoms with Gasteiger partial charge >= 0.3 is 0 Å². The van der Waals surface area contributed by atoms with Crippen molar-refractivity contribution in [3.63, 3.8) is 0 Å². The number of aliphatic hydroxyl groups excluding tert-OH is 1. The molecule has 1 N–H and O–H groups in total. The first-order chi connectivity index (χ1) is 7.31. The fourth-order valence-electron chi connectivity index (χ4n) is 1.43. The fraction of sp³-hybridized carbons (Fsp3) is 0.500. The molecule has 84 valence electrons. The van der Waals surface area contributed by atoms with Crippen LogP contribution in [0, 0.1) is 0 Å². The van der Waals surface area contributed by atoms with Crippen molar-refractivity contribution in [2.45, 2.75) is 26.4 Å². The van der Waals surface area contributed by atoms with Gasteiger partial charge in [-0.25, -0.2) is 0 Å². The number of alkyl halides is 1. The molecular weight excluding hydrogens is 256 g/mol. The third-order valence-electron chi connectivity index (χ3n) is 2.28. The smallest absolute Gasteiger partial charge is 0.119 e. The number of ether oxygens (including phenoxy) is 1. The number of hydrogen-bond donors (Lipinski definition) is 1. The maximum Gasteiger partial charge on any atom is 0.119 e. The largest absolute Gasteiger partial charge is 0.494 e. The molecule has 0 bridgehead atoms. The summed E-state index contributed by atoms with van der Waals surface area (Å²) in [6.45, 7) is 2.88. The maximum absolute atomic E-state index is 9.18. The molecule has 0 unspecified atom stereocenters. The highest BCUT2D eigenvalue weighted by molar-refractivity contribution is 9.09. The number of hydrogen-bond acceptors (Lipinski definition) is 2. The van der Waals surface area contributed by atoms with Crippen molar-refractivity contribution in [2.75, 3.05) is 11.9 Å². The zero-order valence-electron chi connectivity index (χ0n) is 9.00. The second-order valence-electron chi connectivity index (χ2n) is 3.33. The normalized spacial score (nSPS) is 10.3. The average molecular weight is 273 g/mol. The first kappa shape index (κ1) is 12.5. The Balaban J connectivity index is 2.66. The lowest BCUT2D eigenvalue weighted by Crippen LogP contribution is -1.99. The molecule has 0 radical (unpaired) electrons. The molecule has 2 nitrogen and oxygen atoms in total. The molecule has 1 aromatic carbocycles. The summed E-state index contributed by atoms with van der Waals surface area (Å²) in [5.74, 6) is 0.845. The molecule has 1 aromatic rings. The molecule has 3 heteroatoms. The third kappa shape index (κ3) is 3.84. The molecular formula is C12H17BrO2. The minimum atomic E-state index is 0.0822. The van der Waals surface area contributed by atoms with Crippen molar-refractivity contribution in [3.05, 3.63) is 29.3 Å². The van der Waals surface area contributed by atoms with Crippen molar-refractivity contribution < 1.29 is 9.84 Å². The molecule has 0 aliphatic carbocycles. The summed E-state index contributed by atoms with van der Waals surface area (Å²) in [7, 11) is 0. The predicted molar refractivity (Wildman–Crippen MR) is 65.6 cm³/mol. The van der Waals surface area contributed by atoms with Gasteiger partial charge in [0.05, 0.1) is 13.2 Å². The average Bonchev–Trinajstić information content (AvgIpc) is 2.29. The van der Waals surface area contributed by atoms with Crippen LogP contribution in [0.2, 0.25) is 0 Å². The van der Waals surface area contributed by atoms with E-state index >= 15 is 0 Å². The van der Waals surface area contributed by atoms with Gasteiger partial charge in [0.15, 0.2) is 0 Å². The summed E-state index contributed by atoms with van der Waals surface area (Å²) in [6, 6.07) is 5.91. The summed E-state index contributed by atoms with van der Waals surface area (Å²) in [4.78, 5) is 0. The Morgan fingerprint density at radius 3 is 2.73 bits per heavy atom. The minimum absolute atomic E-state index is 0.0822. The van der Waals surface area contributed by atoms with Gasteiger partial charge in [0.25, 0.3) is 0 Å². The molecule has 15 heavy (non-hydrogen) atoms. The van der Waals surface area contributed by atoms with Crippen LogP contribution in [-0.4, -0.2) is 17.0 Å². The summed E-state index contributed by atoms with van der Waals surface area (Å²) < 4.78 is 5.55. The van der Waals surface area contributed by atoms with E-state index in [-0.39, 0.29) is 6.61 Å². The van der Waals surface area contributed by atoms with Crippen LogP contribution in [-0.2, 0) is 13.0 Å². The Labute approximate surface area is 99.4 Å². The SMILES string of the molecule is CCc1ccc(OCCCBr)cc1CO. The van der Waals surface area contributed by atoms with E-state index in [9.17, 15) is 5.11 Å². The van der Waals surface area contributed by atoms with E-state index in [1.165, 1.54) is 5.56 Å². The lowest BCUT2D eigenvalue weighted by molar-refractivity contribution is 0.278. The molecule has 0 aromatic heterocycles. The van der Waals surface area contributed by atoms with Crippen molar-refractivity contribution in [1.82, 2.24) is 0 Å². The summed E-state index contributed by atoms with van der Waals surface area (Å²) in [6.07, 6.45) is 1.93. The highest BCUT2D eigenvalue weighted by atomic mass is 79.9. The zero-order valence-corrected chi connectivity index (χ0v) is 10.6. The first-order valence-electron chi connectivity index (χ1n) is 5.23. The van der Waals surface area contributed by atoms with Crippen molar-refractivity contribution in [2.24, 2.45) is 0 Å². The van der Waals surface area contributed by atoms with E-state index < -0.39 is 0 Å². The lowest BCUT2D eigenvalue weighted by Gasteiger charge is -2.09. The first-order valence-corrected chi connectivity index (χ1v) is 6.35. The van der Waals surface area contributed by atoms with Crippen molar-refractivity contribution in [3.8, 4) is 5.75 Å². The van der Waals surface area contributed by atoms with Gasteiger partial charge in [-0.3, -0.25) is 0 Å². The van der Waals surface area contributed by atoms with Gasteiger partial charge in [0.1, 0.15) is 5.75 Å². The van der Waals surface area contributed by atoms with E-state index in [0.29, 0.717) is 6.61 Å². The van der Waals surface area contributed by atoms with Gasteiger partial charge in [-0.15, -0.1) is 0 Å². The quantitative estimate of drug-likeness (QED) is 0.638. The van der Waals surface area contributed by atoms with Crippen LogP contribution < -0.4 is 4.74 Å². The van der Waals surface area contributed by atoms with Crippen LogP contribution in [0.5, 0.6) is 5.75 Å². The van der Waals surface area contributed by atoms with Crippen LogP contribution in [0.15, 0.2) is 18.2 Å². The Hall–Kier alpha value is -0.540. The highest BCUT2D eigenvalue weighted by Crippen LogP contribution is 2.18. The molecule has 0 atom stereocenters. The summed E-state index contributed by atoms with van der Waals surface area (Å²) >= 11 is 3.35. The van der Waals surface area contributed by atoms with Crippen LogP contribution >= 0.6 is 15.9 Å². The van der Waals surface area contributed by atoms with Gasteiger partial charge in [-0.1, -0.05) is 28.9 Å². The zero-order chi connectivity index (χ0) is 11.1. The molecule has 0 saturated carbocycles. The summed E-state index contributed by atoms with van der Waals surface area (Å²) in [5.41, 5.74) is 2.15. The van der Waals surface area contributed by atoms with E-state index in [2.05, 4.69) is 22.9 Å². The van der Waals surface area contributed by atoms with Gasteiger partial charge < -0.3 is 9.84 Å². The van der Waals surface area contributed by atoms with E-state index in [1.54, 1.807) is 0 Å². The molecule has 0 fully saturated rings. The maximum atomic E-state index is 9.18. The standard InChI is InChI=1S/C12H17BrO2/c1-2-10-4-5-12(8-11(10)9-14)15-7-3-6-13/h4-5,8,14H,2-3,6-7,9H2,1H3. The molecule has 0 amide bonds. The topological polar surface area (TPSA) is 29.5 Å². The minimum Gasteiger partial charge on any atom is -0.494 e. The van der Waals surface area contributed by atoms with Crippen LogP contribution in [0.25, 0.3) is 0 Å². The Morgan fingerprint density at radius 1 is 1.33 bits per heavy atom. The molecule has 0 saturated heterocycles. The van der Waals surface area contributed by atoms with Crippen LogP contribution in [0.3, 0.4) is 0 Å². The Bertz CT molecular complexity index is 300. The highest BCUT2D eigenvalue weighted by Gasteiger charge is 2.02. The molecule has 0 aliphatic heterocycles. The summed E-state index contributed by atoms with van der Waals surface area (Å²) in [5, 5.41) is 10.1. The number of halogens is 1. The third-order valence-corrected chi connectivity index (χ3v) is 2.84. The molecule has 1 rings (SSSR count). The van der Waals surface area contributed by atoms with Crippen LogP contribution in [0.4, 0.5) is 0 Å². The lowest BCUT2D eigenvalue weighted by atomic mass is 10.1. The van der Waals surface area contributed by atoms with E-state index in [1.807, 2.05) is 18.2 Å². The van der Waals surface area contributed by atoms with E-state index in [4.69, 9.17) is 4.74 Å². The second kappa shape index (κ2) is 6.85. The monoisotopic (exact) mass is 272 g/mol. The Morgan fingerprint density at radius 2 is 2.13 bits per heavy atom. The number of aliphatic hydroxyl groups is 1. The predicted octanol–water partition coefficient (Wildman–Crippen LogP) is 2.91. The molecule has 0 aliphatic rings. The number of rotatable bonds is 6. The van der Waals surface area contributed by atoms with Crippen molar-refractivity contribution in [1.29, 1.82) is 0 Å². The molecule has 0 spiro atoms. The number of aryl methyl sites for hydroxylation is 1. The number of benzene rings is 1. The second-order valence-corrected chi connectivity index (χ2v) is 4.13. The van der Waals surface area contributed by atoms with Gasteiger partial charge in [0.2, 0.25) is 0 Å². The van der Waals surface area contributed by atoms with E-state index in [0.717, 1.165) is 29.5 Å². The Kier molecular flexibility index (Phi) is 5.73. The van der Waals surface area contributed by atoms with Gasteiger partial charge in [-0.05, 0) is 36.1 Å². The van der Waals surface area contributed by atoms with Gasteiger partial charge in [0, 0.05) is 5.33 Å².